The van der Waals surface area contributed by atoms with Gasteiger partial charge >= 0.3 is 0 Å². The molecule has 2 rings (SSSR count). The maximum atomic E-state index is 12.5. The maximum Gasteiger partial charge on any atom is 0.164 e. The number of Topliss-reactive ketones (excluding diaryl/α,β-unsaturated/α-hetero) is 1. The number of hydrogen-bond acceptors (Lipinski definition) is 1. The number of halogens is 2. The lowest BCUT2D eigenvalue weighted by molar-refractivity contribution is 0.0956. The first-order valence-corrected chi connectivity index (χ1v) is 8.65. The summed E-state index contributed by atoms with van der Waals surface area (Å²) < 4.78 is 1.94. The van der Waals surface area contributed by atoms with Gasteiger partial charge < -0.3 is 0 Å². The molecule has 1 nitrogen and oxygen atoms in total. The number of ketones is 1. The van der Waals surface area contributed by atoms with E-state index in [1.165, 1.54) is 38.5 Å². The molecule has 0 heterocycles. The van der Waals surface area contributed by atoms with Crippen LogP contribution in [0.4, 0.5) is 0 Å². The Bertz CT molecular complexity index is 460. The van der Waals surface area contributed by atoms with Gasteiger partial charge in [-0.3, -0.25) is 4.79 Å². The van der Waals surface area contributed by atoms with E-state index in [0.717, 1.165) is 20.1 Å². The Hall–Kier alpha value is -0.150. The Morgan fingerprint density at radius 1 is 1.11 bits per heavy atom. The number of rotatable bonds is 3. The highest BCUT2D eigenvalue weighted by molar-refractivity contribution is 9.11. The van der Waals surface area contributed by atoms with Crippen molar-refractivity contribution in [3.63, 3.8) is 0 Å². The average Bonchev–Trinajstić information content (AvgIpc) is 2.62. The summed E-state index contributed by atoms with van der Waals surface area (Å²) in [6.07, 6.45) is 8.39. The highest BCUT2D eigenvalue weighted by Gasteiger charge is 2.19. The monoisotopic (exact) mass is 386 g/mol. The number of carbonyl (C=O) groups is 1. The lowest BCUT2D eigenvalue weighted by Crippen LogP contribution is -2.09. The van der Waals surface area contributed by atoms with Crippen LogP contribution in [0.1, 0.15) is 60.9 Å². The molecule has 1 aliphatic carbocycles. The van der Waals surface area contributed by atoms with E-state index < -0.39 is 0 Å². The van der Waals surface area contributed by atoms with Gasteiger partial charge in [0.15, 0.2) is 5.78 Å². The fourth-order valence-corrected chi connectivity index (χ4v) is 3.82. The Balaban J connectivity index is 2.08. The summed E-state index contributed by atoms with van der Waals surface area (Å²) in [7, 11) is 0. The van der Waals surface area contributed by atoms with Gasteiger partial charge in [0.2, 0.25) is 0 Å². The van der Waals surface area contributed by atoms with Crippen LogP contribution in [0.3, 0.4) is 0 Å². The Kier molecular flexibility index (Phi) is 5.64. The van der Waals surface area contributed by atoms with Crippen molar-refractivity contribution in [2.75, 3.05) is 0 Å². The van der Waals surface area contributed by atoms with Gasteiger partial charge in [-0.1, -0.05) is 70.4 Å². The molecule has 0 aliphatic heterocycles. The standard InChI is InChI=1S/C16H20Br2O/c1-11-8-15(18)13(10-14(11)17)16(19)9-12-6-4-2-3-5-7-12/h8,10,12H,2-7,9H2,1H3. The number of hydrogen-bond donors (Lipinski definition) is 0. The smallest absolute Gasteiger partial charge is 0.164 e. The second kappa shape index (κ2) is 7.03. The second-order valence-electron chi connectivity index (χ2n) is 5.57. The molecule has 0 atom stereocenters. The Labute approximate surface area is 132 Å². The Morgan fingerprint density at radius 3 is 2.37 bits per heavy atom. The molecular formula is C16H20Br2O. The van der Waals surface area contributed by atoms with Gasteiger partial charge in [0.05, 0.1) is 0 Å². The highest BCUT2D eigenvalue weighted by atomic mass is 79.9. The number of carbonyl (C=O) groups excluding carboxylic acids is 1. The molecule has 1 aromatic carbocycles. The van der Waals surface area contributed by atoms with E-state index in [4.69, 9.17) is 0 Å². The van der Waals surface area contributed by atoms with E-state index in [0.29, 0.717) is 12.3 Å². The predicted molar refractivity (Wildman–Crippen MR) is 86.7 cm³/mol. The van der Waals surface area contributed by atoms with Gasteiger partial charge in [0.25, 0.3) is 0 Å². The third-order valence-corrected chi connectivity index (χ3v) is 5.51. The Morgan fingerprint density at radius 2 is 1.74 bits per heavy atom. The first kappa shape index (κ1) is 15.2. The third-order valence-electron chi connectivity index (χ3n) is 4.00. The van der Waals surface area contributed by atoms with E-state index >= 15 is 0 Å². The molecular weight excluding hydrogens is 368 g/mol. The SMILES string of the molecule is Cc1cc(Br)c(C(=O)CC2CCCCCC2)cc1Br. The summed E-state index contributed by atoms with van der Waals surface area (Å²) in [4.78, 5) is 12.5. The minimum atomic E-state index is 0.277. The van der Waals surface area contributed by atoms with Crippen LogP contribution in [0.25, 0.3) is 0 Å². The summed E-state index contributed by atoms with van der Waals surface area (Å²) in [6.45, 7) is 2.04. The van der Waals surface area contributed by atoms with Crippen LogP contribution in [-0.4, -0.2) is 5.78 Å². The van der Waals surface area contributed by atoms with E-state index in [-0.39, 0.29) is 5.78 Å². The van der Waals surface area contributed by atoms with E-state index in [2.05, 4.69) is 31.9 Å². The lowest BCUT2D eigenvalue weighted by Gasteiger charge is -2.14. The van der Waals surface area contributed by atoms with Crippen molar-refractivity contribution < 1.29 is 4.79 Å². The zero-order valence-electron chi connectivity index (χ0n) is 11.3. The van der Waals surface area contributed by atoms with Crippen molar-refractivity contribution in [3.05, 3.63) is 32.2 Å². The van der Waals surface area contributed by atoms with Crippen molar-refractivity contribution in [2.45, 2.75) is 51.9 Å². The van der Waals surface area contributed by atoms with Crippen molar-refractivity contribution in [2.24, 2.45) is 5.92 Å². The van der Waals surface area contributed by atoms with Crippen LogP contribution >= 0.6 is 31.9 Å². The van der Waals surface area contributed by atoms with Gasteiger partial charge in [0.1, 0.15) is 0 Å². The molecule has 0 saturated heterocycles. The molecule has 0 bridgehead atoms. The minimum absolute atomic E-state index is 0.277. The molecule has 3 heteroatoms. The van der Waals surface area contributed by atoms with Gasteiger partial charge in [-0.2, -0.15) is 0 Å². The van der Waals surface area contributed by atoms with Crippen LogP contribution < -0.4 is 0 Å². The molecule has 1 aromatic rings. The van der Waals surface area contributed by atoms with Gasteiger partial charge in [0, 0.05) is 20.9 Å². The summed E-state index contributed by atoms with van der Waals surface area (Å²) in [6, 6.07) is 3.98. The van der Waals surface area contributed by atoms with Crippen molar-refractivity contribution in [1.82, 2.24) is 0 Å². The van der Waals surface area contributed by atoms with Gasteiger partial charge in [-0.05, 0) is 30.5 Å². The summed E-state index contributed by atoms with van der Waals surface area (Å²) in [5.74, 6) is 0.862. The fraction of sp³-hybridized carbons (Fsp3) is 0.562. The largest absolute Gasteiger partial charge is 0.294 e. The van der Waals surface area contributed by atoms with E-state index in [1.54, 1.807) is 0 Å². The third kappa shape index (κ3) is 4.16. The molecule has 0 aromatic heterocycles. The van der Waals surface area contributed by atoms with Crippen LogP contribution in [0, 0.1) is 12.8 Å². The van der Waals surface area contributed by atoms with Crippen molar-refractivity contribution in [3.8, 4) is 0 Å². The molecule has 0 N–H and O–H groups in total. The topological polar surface area (TPSA) is 17.1 Å². The van der Waals surface area contributed by atoms with Crippen LogP contribution in [0.2, 0.25) is 0 Å². The predicted octanol–water partition coefficient (Wildman–Crippen LogP) is 6.06. The molecule has 104 valence electrons. The lowest BCUT2D eigenvalue weighted by atomic mass is 9.92. The summed E-state index contributed by atoms with van der Waals surface area (Å²) in [5, 5.41) is 0. The van der Waals surface area contributed by atoms with Crippen LogP contribution in [0.5, 0.6) is 0 Å². The number of benzene rings is 1. The van der Waals surface area contributed by atoms with Crippen molar-refractivity contribution in [1.29, 1.82) is 0 Å². The average molecular weight is 388 g/mol. The van der Waals surface area contributed by atoms with Crippen molar-refractivity contribution >= 4 is 37.6 Å². The molecule has 1 fully saturated rings. The molecule has 0 amide bonds. The molecule has 1 aliphatic rings. The molecule has 0 radical (unpaired) electrons. The molecule has 1 saturated carbocycles. The van der Waals surface area contributed by atoms with Gasteiger partial charge in [-0.25, -0.2) is 0 Å². The first-order chi connectivity index (χ1) is 9.08. The molecule has 19 heavy (non-hydrogen) atoms. The number of aryl methyl sites for hydroxylation is 1. The minimum Gasteiger partial charge on any atom is -0.294 e. The fourth-order valence-electron chi connectivity index (χ4n) is 2.80. The maximum absolute atomic E-state index is 12.5. The zero-order chi connectivity index (χ0) is 13.8. The quantitative estimate of drug-likeness (QED) is 0.454. The molecule has 0 spiro atoms. The first-order valence-electron chi connectivity index (χ1n) is 7.07. The van der Waals surface area contributed by atoms with Crippen LogP contribution in [-0.2, 0) is 0 Å². The highest BCUT2D eigenvalue weighted by Crippen LogP contribution is 2.30. The zero-order valence-corrected chi connectivity index (χ0v) is 14.5. The van der Waals surface area contributed by atoms with Gasteiger partial charge in [-0.15, -0.1) is 0 Å². The summed E-state index contributed by atoms with van der Waals surface area (Å²) in [5.41, 5.74) is 1.97. The second-order valence-corrected chi connectivity index (χ2v) is 7.27. The van der Waals surface area contributed by atoms with Crippen LogP contribution in [0.15, 0.2) is 21.1 Å². The normalized spacial score (nSPS) is 17.2. The summed E-state index contributed by atoms with van der Waals surface area (Å²) >= 11 is 7.03. The molecule has 0 unspecified atom stereocenters. The van der Waals surface area contributed by atoms with E-state index in [9.17, 15) is 4.79 Å². The van der Waals surface area contributed by atoms with E-state index in [1.807, 2.05) is 19.1 Å².